The monoisotopic (exact) mass is 387 g/mol. The normalized spacial score (nSPS) is 10.7. The van der Waals surface area contributed by atoms with Gasteiger partial charge in [-0.1, -0.05) is 41.4 Å². The Morgan fingerprint density at radius 2 is 1.92 bits per heavy atom. The van der Waals surface area contributed by atoms with Gasteiger partial charge in [0, 0.05) is 41.1 Å². The lowest BCUT2D eigenvalue weighted by Gasteiger charge is -2.09. The van der Waals surface area contributed by atoms with Crippen molar-refractivity contribution in [3.8, 4) is 0 Å². The zero-order chi connectivity index (χ0) is 18.5. The first-order chi connectivity index (χ1) is 12.5. The number of benzene rings is 2. The number of hydrogen-bond acceptors (Lipinski definition) is 2. The lowest BCUT2D eigenvalue weighted by molar-refractivity contribution is -0.116. The van der Waals surface area contributed by atoms with Crippen LogP contribution in [-0.2, 0) is 17.8 Å². The molecule has 3 rings (SSSR count). The van der Waals surface area contributed by atoms with Crippen LogP contribution < -0.4 is 5.32 Å². The van der Waals surface area contributed by atoms with Gasteiger partial charge in [0.15, 0.2) is 0 Å². The smallest absolute Gasteiger partial charge is 0.224 e. The average molecular weight is 388 g/mol. The van der Waals surface area contributed by atoms with Crippen molar-refractivity contribution in [2.24, 2.45) is 0 Å². The van der Waals surface area contributed by atoms with Gasteiger partial charge in [0.25, 0.3) is 0 Å². The van der Waals surface area contributed by atoms with Crippen molar-refractivity contribution >= 4 is 34.8 Å². The fourth-order valence-corrected chi connectivity index (χ4v) is 3.16. The molecule has 0 fully saturated rings. The Morgan fingerprint density at radius 1 is 1.15 bits per heavy atom. The van der Waals surface area contributed by atoms with Gasteiger partial charge in [-0.05, 0) is 48.7 Å². The lowest BCUT2D eigenvalue weighted by atomic mass is 10.1. The molecule has 1 aromatic heterocycles. The van der Waals surface area contributed by atoms with Crippen molar-refractivity contribution in [2.75, 3.05) is 5.32 Å². The lowest BCUT2D eigenvalue weighted by Crippen LogP contribution is -2.12. The van der Waals surface area contributed by atoms with Gasteiger partial charge in [-0.3, -0.25) is 4.79 Å². The summed E-state index contributed by atoms with van der Waals surface area (Å²) in [6.45, 7) is 2.73. The Labute approximate surface area is 162 Å². The molecule has 1 amide bonds. The second-order valence-electron chi connectivity index (χ2n) is 6.08. The zero-order valence-electron chi connectivity index (χ0n) is 14.4. The van der Waals surface area contributed by atoms with Gasteiger partial charge in [-0.25, -0.2) is 4.98 Å². The quantitative estimate of drug-likeness (QED) is 0.637. The maximum absolute atomic E-state index is 12.2. The van der Waals surface area contributed by atoms with Gasteiger partial charge >= 0.3 is 0 Å². The van der Waals surface area contributed by atoms with Gasteiger partial charge < -0.3 is 9.88 Å². The van der Waals surface area contributed by atoms with Gasteiger partial charge in [0.2, 0.25) is 5.91 Å². The molecule has 0 aliphatic carbocycles. The number of hydrogen-bond donors (Lipinski definition) is 1. The fourth-order valence-electron chi connectivity index (χ4n) is 2.66. The van der Waals surface area contributed by atoms with Crippen molar-refractivity contribution < 1.29 is 4.79 Å². The SMILES string of the molecule is Cc1nccn1Cc1ccc(NC(=O)CCc2ccc(Cl)cc2Cl)cc1. The number of nitrogens with zero attached hydrogens (tertiary/aromatic N) is 2. The minimum atomic E-state index is -0.0470. The van der Waals surface area contributed by atoms with Crippen molar-refractivity contribution in [3.05, 3.63) is 81.9 Å². The van der Waals surface area contributed by atoms with Crippen LogP contribution in [-0.4, -0.2) is 15.5 Å². The number of aryl methyl sites for hydroxylation is 2. The van der Waals surface area contributed by atoms with Gasteiger partial charge in [0.1, 0.15) is 5.82 Å². The fraction of sp³-hybridized carbons (Fsp3) is 0.200. The Hall–Kier alpha value is -2.30. The standard InChI is InChI=1S/C20H19Cl2N3O/c1-14-23-10-11-25(14)13-15-2-7-18(8-3-15)24-20(26)9-5-16-4-6-17(21)12-19(16)22/h2-4,6-8,10-12H,5,9,13H2,1H3,(H,24,26). The van der Waals surface area contributed by atoms with Crippen LogP contribution in [0.3, 0.4) is 0 Å². The van der Waals surface area contributed by atoms with Gasteiger partial charge in [-0.15, -0.1) is 0 Å². The minimum Gasteiger partial charge on any atom is -0.331 e. The maximum Gasteiger partial charge on any atom is 0.224 e. The second kappa shape index (κ2) is 8.39. The van der Waals surface area contributed by atoms with E-state index in [1.54, 1.807) is 18.3 Å². The van der Waals surface area contributed by atoms with E-state index >= 15 is 0 Å². The van der Waals surface area contributed by atoms with E-state index in [0.29, 0.717) is 22.9 Å². The number of amides is 1. The highest BCUT2D eigenvalue weighted by atomic mass is 35.5. The molecular formula is C20H19Cl2N3O. The molecule has 134 valence electrons. The molecule has 0 atom stereocenters. The van der Waals surface area contributed by atoms with Crippen LogP contribution in [0.15, 0.2) is 54.9 Å². The zero-order valence-corrected chi connectivity index (χ0v) is 15.9. The molecular weight excluding hydrogens is 369 g/mol. The number of aromatic nitrogens is 2. The molecule has 1 N–H and O–H groups in total. The summed E-state index contributed by atoms with van der Waals surface area (Å²) in [5.74, 6) is 0.928. The highest BCUT2D eigenvalue weighted by Gasteiger charge is 2.07. The van der Waals surface area contributed by atoms with Crippen LogP contribution in [0.2, 0.25) is 10.0 Å². The third-order valence-corrected chi connectivity index (χ3v) is 4.74. The number of anilines is 1. The van der Waals surface area contributed by atoms with Crippen molar-refractivity contribution in [1.82, 2.24) is 9.55 Å². The molecule has 4 nitrogen and oxygen atoms in total. The third kappa shape index (κ3) is 4.87. The Kier molecular flexibility index (Phi) is 5.96. The van der Waals surface area contributed by atoms with Crippen molar-refractivity contribution in [2.45, 2.75) is 26.3 Å². The molecule has 2 aromatic carbocycles. The molecule has 0 aliphatic rings. The van der Waals surface area contributed by atoms with Crippen LogP contribution in [0.1, 0.15) is 23.4 Å². The molecule has 0 spiro atoms. The van der Waals surface area contributed by atoms with E-state index in [1.807, 2.05) is 43.5 Å². The summed E-state index contributed by atoms with van der Waals surface area (Å²) < 4.78 is 2.07. The minimum absolute atomic E-state index is 0.0470. The van der Waals surface area contributed by atoms with Crippen LogP contribution >= 0.6 is 23.2 Å². The average Bonchev–Trinajstić information content (AvgIpc) is 3.01. The molecule has 26 heavy (non-hydrogen) atoms. The van der Waals surface area contributed by atoms with Crippen LogP contribution in [0.25, 0.3) is 0 Å². The van der Waals surface area contributed by atoms with E-state index in [9.17, 15) is 4.79 Å². The van der Waals surface area contributed by atoms with E-state index in [2.05, 4.69) is 14.9 Å². The first-order valence-corrected chi connectivity index (χ1v) is 9.07. The topological polar surface area (TPSA) is 46.9 Å². The summed E-state index contributed by atoms with van der Waals surface area (Å²) in [6, 6.07) is 13.2. The molecule has 0 bridgehead atoms. The molecule has 0 aliphatic heterocycles. The molecule has 1 heterocycles. The van der Waals surface area contributed by atoms with E-state index < -0.39 is 0 Å². The summed E-state index contributed by atoms with van der Waals surface area (Å²) in [7, 11) is 0. The number of imidazole rings is 1. The molecule has 6 heteroatoms. The third-order valence-electron chi connectivity index (χ3n) is 4.15. The Bertz CT molecular complexity index is 904. The molecule has 0 radical (unpaired) electrons. The number of halogens is 2. The van der Waals surface area contributed by atoms with Crippen molar-refractivity contribution in [1.29, 1.82) is 0 Å². The van der Waals surface area contributed by atoms with E-state index in [4.69, 9.17) is 23.2 Å². The van der Waals surface area contributed by atoms with E-state index in [1.165, 1.54) is 0 Å². The number of rotatable bonds is 6. The van der Waals surface area contributed by atoms with Gasteiger partial charge in [0.05, 0.1) is 0 Å². The Morgan fingerprint density at radius 3 is 2.58 bits per heavy atom. The number of carbonyl (C=O) groups excluding carboxylic acids is 1. The van der Waals surface area contributed by atoms with Crippen molar-refractivity contribution in [3.63, 3.8) is 0 Å². The van der Waals surface area contributed by atoms with Gasteiger partial charge in [-0.2, -0.15) is 0 Å². The van der Waals surface area contributed by atoms with E-state index in [-0.39, 0.29) is 5.91 Å². The summed E-state index contributed by atoms with van der Waals surface area (Å²) >= 11 is 12.0. The first kappa shape index (κ1) is 18.5. The summed E-state index contributed by atoms with van der Waals surface area (Å²) in [5, 5.41) is 4.09. The summed E-state index contributed by atoms with van der Waals surface area (Å²) in [5.41, 5.74) is 2.85. The molecule has 0 unspecified atom stereocenters. The second-order valence-corrected chi connectivity index (χ2v) is 6.93. The first-order valence-electron chi connectivity index (χ1n) is 8.32. The summed E-state index contributed by atoms with van der Waals surface area (Å²) in [6.07, 6.45) is 4.67. The molecule has 0 saturated carbocycles. The van der Waals surface area contributed by atoms with E-state index in [0.717, 1.165) is 29.2 Å². The predicted molar refractivity (Wildman–Crippen MR) is 106 cm³/mol. The number of nitrogens with one attached hydrogen (secondary N) is 1. The molecule has 0 saturated heterocycles. The maximum atomic E-state index is 12.2. The number of carbonyl (C=O) groups is 1. The van der Waals surface area contributed by atoms with Crippen LogP contribution in [0.4, 0.5) is 5.69 Å². The predicted octanol–water partition coefficient (Wildman–Crippen LogP) is 5.12. The molecule has 3 aromatic rings. The largest absolute Gasteiger partial charge is 0.331 e. The Balaban J connectivity index is 1.53. The van der Waals surface area contributed by atoms with Crippen LogP contribution in [0, 0.1) is 6.92 Å². The highest BCUT2D eigenvalue weighted by Crippen LogP contribution is 2.22. The summed E-state index contributed by atoms with van der Waals surface area (Å²) in [4.78, 5) is 16.4. The van der Waals surface area contributed by atoms with Crippen LogP contribution in [0.5, 0.6) is 0 Å². The highest BCUT2D eigenvalue weighted by molar-refractivity contribution is 6.35.